The summed E-state index contributed by atoms with van der Waals surface area (Å²) < 4.78 is 0.794. The number of carbonyl (C=O) groups is 1. The van der Waals surface area contributed by atoms with Crippen molar-refractivity contribution in [1.29, 1.82) is 0 Å². The van der Waals surface area contributed by atoms with E-state index in [1.54, 1.807) is 30.0 Å². The van der Waals surface area contributed by atoms with E-state index in [0.29, 0.717) is 5.56 Å². The molecule has 5 heteroatoms. The zero-order valence-electron chi connectivity index (χ0n) is 7.40. The first-order valence-electron chi connectivity index (χ1n) is 3.80. The van der Waals surface area contributed by atoms with Gasteiger partial charge in [-0.3, -0.25) is 0 Å². The van der Waals surface area contributed by atoms with Gasteiger partial charge in [0.2, 0.25) is 0 Å². The number of thioether (sulfide) groups is 1. The summed E-state index contributed by atoms with van der Waals surface area (Å²) in [4.78, 5) is 11.5. The Bertz CT molecular complexity index is 354. The lowest BCUT2D eigenvalue weighted by Gasteiger charge is -2.07. The molecule has 14 heavy (non-hydrogen) atoms. The first-order valence-corrected chi connectivity index (χ1v) is 5.82. The van der Waals surface area contributed by atoms with E-state index in [4.69, 9.17) is 5.11 Å². The highest BCUT2D eigenvalue weighted by Crippen LogP contribution is 2.28. The monoisotopic (exact) mass is 276 g/mol. The van der Waals surface area contributed by atoms with Crippen LogP contribution in [0.25, 0.3) is 0 Å². The Morgan fingerprint density at radius 2 is 2.21 bits per heavy atom. The van der Waals surface area contributed by atoms with Gasteiger partial charge in [0.15, 0.2) is 6.10 Å². The molecule has 0 radical (unpaired) electrons. The molecule has 0 bridgehead atoms. The molecule has 1 unspecified atom stereocenters. The van der Waals surface area contributed by atoms with Crippen molar-refractivity contribution in [1.82, 2.24) is 0 Å². The van der Waals surface area contributed by atoms with Gasteiger partial charge in [-0.25, -0.2) is 4.79 Å². The average Bonchev–Trinajstić information content (AvgIpc) is 2.16. The third-order valence-electron chi connectivity index (χ3n) is 1.73. The van der Waals surface area contributed by atoms with Gasteiger partial charge in [-0.2, -0.15) is 0 Å². The number of aliphatic carboxylic acids is 1. The third-order valence-corrected chi connectivity index (χ3v) is 3.44. The predicted molar refractivity (Wildman–Crippen MR) is 58.5 cm³/mol. The molecule has 0 amide bonds. The Morgan fingerprint density at radius 1 is 1.57 bits per heavy atom. The van der Waals surface area contributed by atoms with Crippen LogP contribution in [0.5, 0.6) is 0 Å². The van der Waals surface area contributed by atoms with Gasteiger partial charge in [-0.1, -0.05) is 6.07 Å². The molecule has 0 saturated heterocycles. The van der Waals surface area contributed by atoms with E-state index < -0.39 is 12.1 Å². The smallest absolute Gasteiger partial charge is 0.337 e. The number of carboxylic acid groups (broad SMARTS) is 1. The molecule has 0 aliphatic rings. The van der Waals surface area contributed by atoms with Crippen LogP contribution < -0.4 is 0 Å². The molecule has 0 heterocycles. The minimum atomic E-state index is -1.46. The molecule has 0 aliphatic carbocycles. The van der Waals surface area contributed by atoms with Crippen LogP contribution in [0, 0.1) is 0 Å². The summed E-state index contributed by atoms with van der Waals surface area (Å²) in [7, 11) is 0. The van der Waals surface area contributed by atoms with Gasteiger partial charge in [-0.05, 0) is 39.9 Å². The fraction of sp³-hybridized carbons (Fsp3) is 0.222. The molecule has 0 aromatic heterocycles. The van der Waals surface area contributed by atoms with Crippen molar-refractivity contribution in [2.45, 2.75) is 11.0 Å². The predicted octanol–water partition coefficient (Wildman–Crippen LogP) is 2.29. The summed E-state index contributed by atoms with van der Waals surface area (Å²) in [5.74, 6) is -1.24. The van der Waals surface area contributed by atoms with E-state index in [-0.39, 0.29) is 0 Å². The highest BCUT2D eigenvalue weighted by molar-refractivity contribution is 9.10. The Balaban J connectivity index is 3.02. The maximum absolute atomic E-state index is 10.5. The van der Waals surface area contributed by atoms with Crippen LogP contribution in [0.1, 0.15) is 11.7 Å². The van der Waals surface area contributed by atoms with Crippen molar-refractivity contribution in [3.05, 3.63) is 28.2 Å². The summed E-state index contributed by atoms with van der Waals surface area (Å²) >= 11 is 4.85. The molecule has 1 atom stereocenters. The number of hydrogen-bond acceptors (Lipinski definition) is 3. The summed E-state index contributed by atoms with van der Waals surface area (Å²) in [6, 6.07) is 5.00. The topological polar surface area (TPSA) is 57.5 Å². The number of rotatable bonds is 3. The number of hydrogen-bond donors (Lipinski definition) is 2. The first kappa shape index (κ1) is 11.6. The molecule has 1 rings (SSSR count). The van der Waals surface area contributed by atoms with E-state index in [2.05, 4.69) is 15.9 Å². The fourth-order valence-corrected chi connectivity index (χ4v) is 2.34. The number of halogens is 1. The standard InChI is InChI=1S/C9H9BrO3S/c1-14-7-3-2-5(4-6(7)10)8(11)9(12)13/h2-4,8,11H,1H3,(H,12,13). The zero-order chi connectivity index (χ0) is 10.7. The Labute approximate surface area is 94.3 Å². The Morgan fingerprint density at radius 3 is 2.64 bits per heavy atom. The summed E-state index contributed by atoms with van der Waals surface area (Å²) in [5, 5.41) is 17.8. The van der Waals surface area contributed by atoms with Crippen molar-refractivity contribution >= 4 is 33.7 Å². The SMILES string of the molecule is CSc1ccc(C(O)C(=O)O)cc1Br. The lowest BCUT2D eigenvalue weighted by Crippen LogP contribution is -2.10. The third kappa shape index (κ3) is 2.50. The van der Waals surface area contributed by atoms with Crippen molar-refractivity contribution in [3.63, 3.8) is 0 Å². The lowest BCUT2D eigenvalue weighted by atomic mass is 10.1. The van der Waals surface area contributed by atoms with Gasteiger partial charge in [0.25, 0.3) is 0 Å². The molecule has 0 saturated carbocycles. The summed E-state index contributed by atoms with van der Waals surface area (Å²) in [5.41, 5.74) is 0.377. The van der Waals surface area contributed by atoms with Crippen molar-refractivity contribution in [2.24, 2.45) is 0 Å². The van der Waals surface area contributed by atoms with Crippen molar-refractivity contribution in [2.75, 3.05) is 6.26 Å². The van der Waals surface area contributed by atoms with Crippen LogP contribution in [0.2, 0.25) is 0 Å². The van der Waals surface area contributed by atoms with Gasteiger partial charge in [-0.15, -0.1) is 11.8 Å². The van der Waals surface area contributed by atoms with Crippen LogP contribution in [-0.4, -0.2) is 22.4 Å². The molecule has 1 aromatic carbocycles. The molecule has 0 spiro atoms. The molecule has 76 valence electrons. The minimum Gasteiger partial charge on any atom is -0.479 e. The van der Waals surface area contributed by atoms with Crippen molar-refractivity contribution in [3.8, 4) is 0 Å². The van der Waals surface area contributed by atoms with Crippen LogP contribution in [0.15, 0.2) is 27.6 Å². The molecular formula is C9H9BrO3S. The van der Waals surface area contributed by atoms with Gasteiger partial charge in [0.05, 0.1) is 0 Å². The Hall–Kier alpha value is -0.520. The second kappa shape index (κ2) is 4.82. The molecular weight excluding hydrogens is 268 g/mol. The van der Waals surface area contributed by atoms with Gasteiger partial charge < -0.3 is 10.2 Å². The molecule has 0 aliphatic heterocycles. The summed E-state index contributed by atoms with van der Waals surface area (Å²) in [6.07, 6.45) is 0.468. The number of aliphatic hydroxyl groups excluding tert-OH is 1. The number of benzene rings is 1. The quantitative estimate of drug-likeness (QED) is 0.832. The highest BCUT2D eigenvalue weighted by Gasteiger charge is 2.16. The van der Waals surface area contributed by atoms with E-state index in [1.807, 2.05) is 6.26 Å². The van der Waals surface area contributed by atoms with E-state index in [0.717, 1.165) is 9.37 Å². The minimum absolute atomic E-state index is 0.377. The fourth-order valence-electron chi connectivity index (χ4n) is 0.995. The summed E-state index contributed by atoms with van der Waals surface area (Å²) in [6.45, 7) is 0. The second-order valence-electron chi connectivity index (χ2n) is 2.63. The molecule has 3 nitrogen and oxygen atoms in total. The normalized spacial score (nSPS) is 12.5. The number of carboxylic acids is 1. The average molecular weight is 277 g/mol. The van der Waals surface area contributed by atoms with Crippen LogP contribution in [-0.2, 0) is 4.79 Å². The van der Waals surface area contributed by atoms with E-state index in [1.165, 1.54) is 0 Å². The van der Waals surface area contributed by atoms with Crippen LogP contribution in [0.3, 0.4) is 0 Å². The number of aliphatic hydroxyl groups is 1. The van der Waals surface area contributed by atoms with E-state index in [9.17, 15) is 9.90 Å². The molecule has 2 N–H and O–H groups in total. The molecule has 1 aromatic rings. The van der Waals surface area contributed by atoms with Crippen molar-refractivity contribution < 1.29 is 15.0 Å². The van der Waals surface area contributed by atoms with Gasteiger partial charge in [0, 0.05) is 9.37 Å². The van der Waals surface area contributed by atoms with Gasteiger partial charge in [0.1, 0.15) is 0 Å². The molecule has 0 fully saturated rings. The second-order valence-corrected chi connectivity index (χ2v) is 4.34. The highest BCUT2D eigenvalue weighted by atomic mass is 79.9. The zero-order valence-corrected chi connectivity index (χ0v) is 9.80. The Kier molecular flexibility index (Phi) is 3.97. The maximum atomic E-state index is 10.5. The van der Waals surface area contributed by atoms with Crippen LogP contribution >= 0.6 is 27.7 Å². The lowest BCUT2D eigenvalue weighted by molar-refractivity contribution is -0.146. The largest absolute Gasteiger partial charge is 0.479 e. The van der Waals surface area contributed by atoms with Crippen LogP contribution in [0.4, 0.5) is 0 Å². The first-order chi connectivity index (χ1) is 6.56. The van der Waals surface area contributed by atoms with Gasteiger partial charge >= 0.3 is 5.97 Å². The maximum Gasteiger partial charge on any atom is 0.337 e. The van der Waals surface area contributed by atoms with E-state index >= 15 is 0 Å².